The first kappa shape index (κ1) is 15.5. The maximum atomic E-state index is 12.7. The normalized spacial score (nSPS) is 26.7. The van der Waals surface area contributed by atoms with Gasteiger partial charge in [-0.1, -0.05) is 20.8 Å². The second-order valence-electron chi connectivity index (χ2n) is 8.51. The monoisotopic (exact) mass is 335 g/mol. The molecule has 1 unspecified atom stereocenters. The average Bonchev–Trinajstić information content (AvgIpc) is 3.15. The molecule has 1 aliphatic heterocycles. The molecule has 0 bridgehead atoms. The van der Waals surface area contributed by atoms with Crippen LogP contribution in [0.15, 0.2) is 4.90 Å². The number of hydrogen-bond acceptors (Lipinski definition) is 5. The highest BCUT2D eigenvalue weighted by atomic mass is 32.2. The molecule has 3 aliphatic rings. The molecule has 2 N–H and O–H groups in total. The minimum atomic E-state index is -1.04. The van der Waals surface area contributed by atoms with Gasteiger partial charge in [0.15, 0.2) is 0 Å². The zero-order chi connectivity index (χ0) is 16.5. The van der Waals surface area contributed by atoms with Crippen LogP contribution in [0.4, 0.5) is 5.82 Å². The van der Waals surface area contributed by atoms with E-state index in [9.17, 15) is 9.32 Å². The van der Waals surface area contributed by atoms with Gasteiger partial charge in [0.1, 0.15) is 16.5 Å². The summed E-state index contributed by atoms with van der Waals surface area (Å²) in [6, 6.07) is 0. The molecule has 2 aliphatic carbocycles. The average molecular weight is 335 g/mol. The van der Waals surface area contributed by atoms with Crippen LogP contribution in [0, 0.1) is 0 Å². The van der Waals surface area contributed by atoms with Gasteiger partial charge in [-0.2, -0.15) is 0 Å². The molecular weight excluding hydrogens is 310 g/mol. The van der Waals surface area contributed by atoms with Crippen LogP contribution in [0.1, 0.15) is 64.4 Å². The number of hydrogen-bond donors (Lipinski definition) is 2. The molecule has 2 fully saturated rings. The van der Waals surface area contributed by atoms with Crippen LogP contribution >= 0.6 is 0 Å². The summed E-state index contributed by atoms with van der Waals surface area (Å²) in [6.07, 6.45) is 5.14. The number of aliphatic hydroxyl groups is 1. The summed E-state index contributed by atoms with van der Waals surface area (Å²) in [5.74, 6) is 2.19. The number of fused-ring (bicyclic) bond motifs is 2. The van der Waals surface area contributed by atoms with Crippen molar-refractivity contribution in [2.75, 3.05) is 17.7 Å². The van der Waals surface area contributed by atoms with Crippen molar-refractivity contribution in [3.8, 4) is 0 Å². The van der Waals surface area contributed by atoms with Gasteiger partial charge in [-0.05, 0) is 32.1 Å². The third-order valence-corrected chi connectivity index (χ3v) is 7.18. The summed E-state index contributed by atoms with van der Waals surface area (Å²) in [6.45, 7) is 6.41. The molecule has 126 valence electrons. The van der Waals surface area contributed by atoms with E-state index in [2.05, 4.69) is 26.1 Å². The lowest BCUT2D eigenvalue weighted by Gasteiger charge is -2.41. The molecule has 0 amide bonds. The number of aromatic nitrogens is 2. The zero-order valence-corrected chi connectivity index (χ0v) is 14.9. The maximum absolute atomic E-state index is 12.7. The minimum absolute atomic E-state index is 0.0333. The van der Waals surface area contributed by atoms with Gasteiger partial charge in [0.05, 0.1) is 28.6 Å². The second-order valence-corrected chi connectivity index (χ2v) is 9.90. The summed E-state index contributed by atoms with van der Waals surface area (Å²) in [4.78, 5) is 10.4. The largest absolute Gasteiger partial charge is 0.394 e. The van der Waals surface area contributed by atoms with Crippen molar-refractivity contribution < 1.29 is 9.32 Å². The predicted molar refractivity (Wildman–Crippen MR) is 90.2 cm³/mol. The van der Waals surface area contributed by atoms with E-state index in [0.717, 1.165) is 48.5 Å². The first-order valence-electron chi connectivity index (χ1n) is 8.49. The molecule has 6 heteroatoms. The Kier molecular flexibility index (Phi) is 3.21. The Bertz CT molecular complexity index is 682. The van der Waals surface area contributed by atoms with E-state index in [0.29, 0.717) is 11.6 Å². The standard InChI is InChI=1S/C17H25N3O2S/c1-15(2,3)14-18-12-11(23(22)10-16(12)7-8-16)13(19-14)20-17(9-21)5-4-6-17/h21H,4-10H2,1-3H3,(H,18,19,20). The molecule has 0 saturated heterocycles. The summed E-state index contributed by atoms with van der Waals surface area (Å²) < 4.78 is 12.7. The molecule has 4 rings (SSSR count). The van der Waals surface area contributed by atoms with Crippen molar-refractivity contribution in [2.45, 2.75) is 74.1 Å². The zero-order valence-electron chi connectivity index (χ0n) is 14.1. The lowest BCUT2D eigenvalue weighted by molar-refractivity contribution is 0.143. The first-order valence-corrected chi connectivity index (χ1v) is 9.81. The highest BCUT2D eigenvalue weighted by Crippen LogP contribution is 2.56. The Balaban J connectivity index is 1.84. The van der Waals surface area contributed by atoms with E-state index in [1.54, 1.807) is 0 Å². The minimum Gasteiger partial charge on any atom is -0.394 e. The predicted octanol–water partition coefficient (Wildman–Crippen LogP) is 2.25. The number of nitrogens with one attached hydrogen (secondary N) is 1. The van der Waals surface area contributed by atoms with Crippen LogP contribution in [-0.2, 0) is 21.6 Å². The highest BCUT2D eigenvalue weighted by molar-refractivity contribution is 7.85. The van der Waals surface area contributed by atoms with Crippen LogP contribution in [0.5, 0.6) is 0 Å². The molecule has 23 heavy (non-hydrogen) atoms. The topological polar surface area (TPSA) is 75.1 Å². The van der Waals surface area contributed by atoms with E-state index in [-0.39, 0.29) is 23.0 Å². The fourth-order valence-corrected chi connectivity index (χ4v) is 5.41. The number of anilines is 1. The van der Waals surface area contributed by atoms with Gasteiger partial charge in [0.2, 0.25) is 0 Å². The lowest BCUT2D eigenvalue weighted by atomic mass is 9.77. The fourth-order valence-electron chi connectivity index (χ4n) is 3.55. The van der Waals surface area contributed by atoms with Crippen molar-refractivity contribution in [3.63, 3.8) is 0 Å². The molecule has 5 nitrogen and oxygen atoms in total. The molecule has 2 saturated carbocycles. The third-order valence-electron chi connectivity index (χ3n) is 5.52. The van der Waals surface area contributed by atoms with Crippen molar-refractivity contribution in [2.24, 2.45) is 0 Å². The fraction of sp³-hybridized carbons (Fsp3) is 0.765. The van der Waals surface area contributed by atoms with Crippen molar-refractivity contribution in [1.29, 1.82) is 0 Å². The molecule has 2 heterocycles. The van der Waals surface area contributed by atoms with E-state index in [1.165, 1.54) is 0 Å². The van der Waals surface area contributed by atoms with Gasteiger partial charge in [-0.3, -0.25) is 4.21 Å². The van der Waals surface area contributed by atoms with Crippen molar-refractivity contribution >= 4 is 16.6 Å². The van der Waals surface area contributed by atoms with Crippen LogP contribution in [-0.4, -0.2) is 37.2 Å². The van der Waals surface area contributed by atoms with Crippen LogP contribution in [0.2, 0.25) is 0 Å². The van der Waals surface area contributed by atoms with E-state index < -0.39 is 10.8 Å². The first-order chi connectivity index (χ1) is 10.8. The van der Waals surface area contributed by atoms with Gasteiger partial charge in [0, 0.05) is 16.6 Å². The van der Waals surface area contributed by atoms with Crippen LogP contribution in [0.25, 0.3) is 0 Å². The molecule has 1 spiro atoms. The lowest BCUT2D eigenvalue weighted by Crippen LogP contribution is -2.48. The van der Waals surface area contributed by atoms with Crippen LogP contribution in [0.3, 0.4) is 0 Å². The molecule has 1 aromatic heterocycles. The molecular formula is C17H25N3O2S. The quantitative estimate of drug-likeness (QED) is 0.886. The van der Waals surface area contributed by atoms with Crippen LogP contribution < -0.4 is 5.32 Å². The Labute approximate surface area is 139 Å². The third kappa shape index (κ3) is 2.33. The van der Waals surface area contributed by atoms with Gasteiger partial charge in [0.25, 0.3) is 0 Å². The molecule has 0 aromatic carbocycles. The maximum Gasteiger partial charge on any atom is 0.146 e. The number of nitrogens with zero attached hydrogens (tertiary/aromatic N) is 2. The smallest absolute Gasteiger partial charge is 0.146 e. The van der Waals surface area contributed by atoms with Gasteiger partial charge >= 0.3 is 0 Å². The Morgan fingerprint density at radius 1 is 1.22 bits per heavy atom. The summed E-state index contributed by atoms with van der Waals surface area (Å²) in [5, 5.41) is 13.2. The molecule has 1 atom stereocenters. The summed E-state index contributed by atoms with van der Waals surface area (Å²) in [5.41, 5.74) is 0.593. The van der Waals surface area contributed by atoms with Gasteiger partial charge in [-0.25, -0.2) is 9.97 Å². The second kappa shape index (κ2) is 4.76. The molecule has 0 radical (unpaired) electrons. The Hall–Kier alpha value is -1.01. The van der Waals surface area contributed by atoms with E-state index in [4.69, 9.17) is 9.97 Å². The summed E-state index contributed by atoms with van der Waals surface area (Å²) in [7, 11) is -1.04. The highest BCUT2D eigenvalue weighted by Gasteiger charge is 2.55. The summed E-state index contributed by atoms with van der Waals surface area (Å²) >= 11 is 0. The van der Waals surface area contributed by atoms with E-state index in [1.807, 2.05) is 0 Å². The van der Waals surface area contributed by atoms with Gasteiger partial charge < -0.3 is 10.4 Å². The van der Waals surface area contributed by atoms with Crippen molar-refractivity contribution in [1.82, 2.24) is 9.97 Å². The Morgan fingerprint density at radius 2 is 1.91 bits per heavy atom. The van der Waals surface area contributed by atoms with Crippen molar-refractivity contribution in [3.05, 3.63) is 11.5 Å². The number of aliphatic hydroxyl groups excluding tert-OH is 1. The molecule has 1 aromatic rings. The SMILES string of the molecule is CC(C)(C)c1nc(NC2(CO)CCC2)c2c(n1)C1(CC1)CS2=O. The number of rotatable bonds is 3. The van der Waals surface area contributed by atoms with Gasteiger partial charge in [-0.15, -0.1) is 0 Å². The van der Waals surface area contributed by atoms with E-state index >= 15 is 0 Å². The Morgan fingerprint density at radius 3 is 2.39 bits per heavy atom.